The smallest absolute Gasteiger partial charge is 0.396 e. The van der Waals surface area contributed by atoms with Gasteiger partial charge in [0.1, 0.15) is 0 Å². The number of hydrogen-bond donors (Lipinski definition) is 3. The van der Waals surface area contributed by atoms with Crippen molar-refractivity contribution in [3.05, 3.63) is 0 Å². The monoisotopic (exact) mass is 345 g/mol. The minimum Gasteiger partial charge on any atom is -0.396 e. The average molecular weight is 346 g/mol. The van der Waals surface area contributed by atoms with Gasteiger partial charge in [0.2, 0.25) is 0 Å². The van der Waals surface area contributed by atoms with Crippen LogP contribution in [0.5, 0.6) is 0 Å². The Bertz CT molecular complexity index is 275. The third kappa shape index (κ3) is 31.9. The Kier molecular flexibility index (Phi) is 25.1. The minimum atomic E-state index is -4.41. The molecule has 0 fully saturated rings. The normalized spacial score (nSPS) is 10.5. The molecule has 7 nitrogen and oxygen atoms in total. The van der Waals surface area contributed by atoms with Crippen LogP contribution in [0.25, 0.3) is 0 Å². The maximum absolute atomic E-state index is 9.60. The van der Waals surface area contributed by atoms with Gasteiger partial charge in [-0.2, -0.15) is 8.42 Å². The van der Waals surface area contributed by atoms with Crippen LogP contribution in [0.15, 0.2) is 0 Å². The van der Waals surface area contributed by atoms with E-state index in [1.807, 2.05) is 0 Å². The molecule has 0 atom stereocenters. The van der Waals surface area contributed by atoms with Gasteiger partial charge in [-0.15, -0.1) is 0 Å². The molecule has 0 saturated carbocycles. The highest BCUT2D eigenvalue weighted by Gasteiger charge is 2.02. The second-order valence-electron chi connectivity index (χ2n) is 4.81. The molecule has 8 heteroatoms. The zero-order chi connectivity index (χ0) is 16.4. The van der Waals surface area contributed by atoms with Gasteiger partial charge in [0.25, 0.3) is 0 Å². The summed E-state index contributed by atoms with van der Waals surface area (Å²) in [4.78, 5) is 3.86. The molecule has 0 bridgehead atoms. The predicted molar refractivity (Wildman–Crippen MR) is 88.2 cm³/mol. The second kappa shape index (κ2) is 20.8. The Balaban J connectivity index is -0.000000348. The van der Waals surface area contributed by atoms with Crippen LogP contribution in [0.1, 0.15) is 78.1 Å². The van der Waals surface area contributed by atoms with Crippen molar-refractivity contribution in [2.24, 2.45) is 0 Å². The molecule has 0 aromatic heterocycles. The fraction of sp³-hybridized carbons (Fsp3) is 1.00. The van der Waals surface area contributed by atoms with E-state index in [4.69, 9.17) is 9.66 Å². The van der Waals surface area contributed by atoms with Gasteiger partial charge in [0.15, 0.2) is 0 Å². The van der Waals surface area contributed by atoms with Crippen molar-refractivity contribution in [2.75, 3.05) is 13.2 Å². The molecular weight excluding hydrogens is 310 g/mol. The van der Waals surface area contributed by atoms with Crippen LogP contribution in [-0.4, -0.2) is 31.3 Å². The fourth-order valence-electron chi connectivity index (χ4n) is 1.71. The molecule has 0 aromatic carbocycles. The third-order valence-electron chi connectivity index (χ3n) is 2.76. The minimum absolute atomic E-state index is 0. The predicted octanol–water partition coefficient (Wildman–Crippen LogP) is 3.82. The first-order valence-electron chi connectivity index (χ1n) is 7.87. The molecule has 0 saturated heterocycles. The molecule has 0 aromatic rings. The van der Waals surface area contributed by atoms with E-state index < -0.39 is 10.4 Å². The van der Waals surface area contributed by atoms with Gasteiger partial charge in [0, 0.05) is 6.61 Å². The van der Waals surface area contributed by atoms with Crippen molar-refractivity contribution in [1.82, 2.24) is 6.15 Å². The van der Waals surface area contributed by atoms with Gasteiger partial charge in [0.05, 0.1) is 6.61 Å². The molecule has 5 N–H and O–H groups in total. The standard InChI is InChI=1S/C12H26O.C2H6O5S.H3N/c1-2-3-4-5-6-7-8-9-10-11-12-13;1-2-6-7-8(3,4)5;/h13H,2-12H2,1H3;2H2,1H3,(H,3,4,5);1H3. The van der Waals surface area contributed by atoms with Crippen LogP contribution >= 0.6 is 0 Å². The lowest BCUT2D eigenvalue weighted by atomic mass is 10.1. The highest BCUT2D eigenvalue weighted by atomic mass is 32.3. The molecule has 0 heterocycles. The molecule has 0 aliphatic carbocycles. The number of rotatable bonds is 13. The number of hydrogen-bond acceptors (Lipinski definition) is 6. The highest BCUT2D eigenvalue weighted by Crippen LogP contribution is 2.09. The van der Waals surface area contributed by atoms with Crippen molar-refractivity contribution < 1.29 is 27.3 Å². The molecule has 0 aliphatic heterocycles. The van der Waals surface area contributed by atoms with Gasteiger partial charge in [-0.1, -0.05) is 69.0 Å². The van der Waals surface area contributed by atoms with E-state index in [2.05, 4.69) is 16.1 Å². The Morgan fingerprint density at radius 3 is 1.50 bits per heavy atom. The molecule has 0 radical (unpaired) electrons. The summed E-state index contributed by atoms with van der Waals surface area (Å²) in [5.74, 6) is 0. The number of aliphatic hydroxyl groups excluding tert-OH is 1. The first-order valence-corrected chi connectivity index (χ1v) is 9.23. The van der Waals surface area contributed by atoms with E-state index >= 15 is 0 Å². The van der Waals surface area contributed by atoms with E-state index in [1.54, 1.807) is 0 Å². The van der Waals surface area contributed by atoms with E-state index in [0.717, 1.165) is 6.42 Å². The topological polar surface area (TPSA) is 128 Å². The summed E-state index contributed by atoms with van der Waals surface area (Å²) >= 11 is 0. The molecule has 0 rings (SSSR count). The van der Waals surface area contributed by atoms with E-state index in [9.17, 15) is 8.42 Å². The van der Waals surface area contributed by atoms with Crippen molar-refractivity contribution >= 4 is 10.4 Å². The molecule has 0 unspecified atom stereocenters. The molecular formula is C14H35NO6S. The van der Waals surface area contributed by atoms with Crippen LogP contribution in [-0.2, 0) is 19.6 Å². The van der Waals surface area contributed by atoms with Crippen LogP contribution < -0.4 is 6.15 Å². The quantitative estimate of drug-likeness (QED) is 0.200. The molecule has 22 heavy (non-hydrogen) atoms. The Labute approximate surface area is 135 Å². The summed E-state index contributed by atoms with van der Waals surface area (Å²) in [6.07, 6.45) is 13.3. The lowest BCUT2D eigenvalue weighted by molar-refractivity contribution is -0.203. The van der Waals surface area contributed by atoms with E-state index in [1.165, 1.54) is 64.7 Å². The number of aliphatic hydroxyl groups is 1. The van der Waals surface area contributed by atoms with Crippen LogP contribution in [0, 0.1) is 0 Å². The largest absolute Gasteiger partial charge is 0.424 e. The van der Waals surface area contributed by atoms with Crippen LogP contribution in [0.2, 0.25) is 0 Å². The summed E-state index contributed by atoms with van der Waals surface area (Å²) in [6.45, 7) is 4.22. The Morgan fingerprint density at radius 2 is 1.23 bits per heavy atom. The summed E-state index contributed by atoms with van der Waals surface area (Å²) in [5.41, 5.74) is 0. The second-order valence-corrected chi connectivity index (χ2v) is 5.80. The van der Waals surface area contributed by atoms with Crippen LogP contribution in [0.4, 0.5) is 0 Å². The van der Waals surface area contributed by atoms with Gasteiger partial charge >= 0.3 is 10.4 Å². The van der Waals surface area contributed by atoms with Crippen molar-refractivity contribution in [3.63, 3.8) is 0 Å². The lowest BCUT2D eigenvalue weighted by Gasteiger charge is -2.00. The van der Waals surface area contributed by atoms with Crippen molar-refractivity contribution in [3.8, 4) is 0 Å². The van der Waals surface area contributed by atoms with Gasteiger partial charge < -0.3 is 11.3 Å². The van der Waals surface area contributed by atoms with Gasteiger partial charge in [-0.05, 0) is 13.3 Å². The maximum Gasteiger partial charge on any atom is 0.424 e. The summed E-state index contributed by atoms with van der Waals surface area (Å²) < 4.78 is 30.4. The molecule has 138 valence electrons. The number of unbranched alkanes of at least 4 members (excludes halogenated alkanes) is 9. The summed E-state index contributed by atoms with van der Waals surface area (Å²) in [5, 5.41) is 8.57. The SMILES string of the molecule is CCCCCCCCCCCCO.CCOOS(=O)(=O)O.N. The fourth-order valence-corrected chi connectivity index (χ4v) is 1.93. The van der Waals surface area contributed by atoms with Crippen molar-refractivity contribution in [1.29, 1.82) is 0 Å². The first kappa shape index (κ1) is 26.6. The maximum atomic E-state index is 9.60. The molecule has 0 spiro atoms. The summed E-state index contributed by atoms with van der Waals surface area (Å²) in [7, 11) is -4.41. The highest BCUT2D eigenvalue weighted by molar-refractivity contribution is 7.80. The van der Waals surface area contributed by atoms with Gasteiger partial charge in [-0.25, -0.2) is 4.89 Å². The Hall–Kier alpha value is -0.250. The van der Waals surface area contributed by atoms with Crippen molar-refractivity contribution in [2.45, 2.75) is 78.1 Å². The van der Waals surface area contributed by atoms with Gasteiger partial charge in [-0.3, -0.25) is 4.55 Å². The molecule has 0 aliphatic rings. The zero-order valence-corrected chi connectivity index (χ0v) is 14.9. The first-order chi connectivity index (χ1) is 9.97. The summed E-state index contributed by atoms with van der Waals surface area (Å²) in [6, 6.07) is 0. The zero-order valence-electron chi connectivity index (χ0n) is 14.1. The average Bonchev–Trinajstić information content (AvgIpc) is 2.43. The molecule has 0 amide bonds. The van der Waals surface area contributed by atoms with Crippen LogP contribution in [0.3, 0.4) is 0 Å². The van der Waals surface area contributed by atoms with E-state index in [-0.39, 0.29) is 12.8 Å². The lowest BCUT2D eigenvalue weighted by Crippen LogP contribution is -2.03. The third-order valence-corrected chi connectivity index (χ3v) is 3.03. The van der Waals surface area contributed by atoms with E-state index in [0.29, 0.717) is 6.61 Å². The Morgan fingerprint density at radius 1 is 0.818 bits per heavy atom.